The molecule has 2 atom stereocenters. The summed E-state index contributed by atoms with van der Waals surface area (Å²) in [7, 11) is 0. The number of anilines is 2. The Morgan fingerprint density at radius 3 is 2.48 bits per heavy atom. The minimum absolute atomic E-state index is 0.0390. The first-order valence-corrected chi connectivity index (χ1v) is 10.2. The van der Waals surface area contributed by atoms with Gasteiger partial charge in [0.2, 0.25) is 0 Å². The highest BCUT2D eigenvalue weighted by Crippen LogP contribution is 2.36. The van der Waals surface area contributed by atoms with Gasteiger partial charge in [-0.25, -0.2) is 0 Å². The van der Waals surface area contributed by atoms with Crippen LogP contribution in [0.25, 0.3) is 10.8 Å². The van der Waals surface area contributed by atoms with Crippen LogP contribution in [-0.2, 0) is 10.9 Å². The highest BCUT2D eigenvalue weighted by molar-refractivity contribution is 6.12. The van der Waals surface area contributed by atoms with E-state index in [2.05, 4.69) is 5.32 Å². The van der Waals surface area contributed by atoms with Crippen LogP contribution in [0.1, 0.15) is 27.9 Å². The third-order valence-corrected chi connectivity index (χ3v) is 5.99. The first kappa shape index (κ1) is 19.9. The average molecular weight is 426 g/mol. The molecule has 160 valence electrons. The number of hydrogen-bond donors (Lipinski definition) is 1. The van der Waals surface area contributed by atoms with Crippen LogP contribution in [0.3, 0.4) is 0 Å². The predicted octanol–water partition coefficient (Wildman–Crippen LogP) is 5.52. The lowest BCUT2D eigenvalue weighted by Gasteiger charge is -2.47. The number of aryl methyl sites for hydroxylation is 1. The number of halogens is 3. The van der Waals surface area contributed by atoms with E-state index in [0.717, 1.165) is 34.9 Å². The fourth-order valence-corrected chi connectivity index (χ4v) is 4.50. The molecule has 3 aromatic carbocycles. The number of rotatable bonds is 3. The zero-order chi connectivity index (χ0) is 21.8. The molecule has 1 N–H and O–H groups in total. The Hall–Kier alpha value is -3.06. The Kier molecular flexibility index (Phi) is 4.66. The number of benzene rings is 3. The van der Waals surface area contributed by atoms with Gasteiger partial charge in [-0.2, -0.15) is 13.2 Å². The molecule has 0 radical (unpaired) electrons. The number of morpholine rings is 1. The first-order chi connectivity index (χ1) is 14.8. The van der Waals surface area contributed by atoms with Gasteiger partial charge in [0.15, 0.2) is 0 Å². The van der Waals surface area contributed by atoms with Crippen LogP contribution < -0.4 is 5.32 Å². The van der Waals surface area contributed by atoms with Gasteiger partial charge >= 0.3 is 6.18 Å². The van der Waals surface area contributed by atoms with Gasteiger partial charge in [-0.15, -0.1) is 0 Å². The third kappa shape index (κ3) is 3.63. The summed E-state index contributed by atoms with van der Waals surface area (Å²) in [5.41, 5.74) is 1.82. The van der Waals surface area contributed by atoms with Crippen molar-refractivity contribution >= 4 is 28.1 Å². The number of piperidine rings is 1. The quantitative estimate of drug-likeness (QED) is 0.599. The maximum absolute atomic E-state index is 13.3. The van der Waals surface area contributed by atoms with E-state index in [0.29, 0.717) is 30.0 Å². The summed E-state index contributed by atoms with van der Waals surface area (Å²) < 4.78 is 44.9. The molecule has 2 unspecified atom stereocenters. The molecule has 0 aliphatic carbocycles. The van der Waals surface area contributed by atoms with Crippen molar-refractivity contribution < 1.29 is 22.7 Å². The Balaban J connectivity index is 1.52. The Morgan fingerprint density at radius 1 is 1.06 bits per heavy atom. The Morgan fingerprint density at radius 2 is 1.77 bits per heavy atom. The van der Waals surface area contributed by atoms with Crippen LogP contribution in [0.2, 0.25) is 0 Å². The fourth-order valence-electron chi connectivity index (χ4n) is 4.50. The minimum Gasteiger partial charge on any atom is -0.371 e. The number of ether oxygens (including phenoxy) is 1. The van der Waals surface area contributed by atoms with Crippen molar-refractivity contribution in [3.63, 3.8) is 0 Å². The summed E-state index contributed by atoms with van der Waals surface area (Å²) in [5, 5.41) is 4.70. The van der Waals surface area contributed by atoms with Gasteiger partial charge in [-0.3, -0.25) is 4.79 Å². The molecule has 7 heteroatoms. The van der Waals surface area contributed by atoms with E-state index >= 15 is 0 Å². The van der Waals surface area contributed by atoms with Crippen LogP contribution in [0.15, 0.2) is 54.6 Å². The van der Waals surface area contributed by atoms with Crippen molar-refractivity contribution in [2.75, 3.05) is 18.4 Å². The maximum Gasteiger partial charge on any atom is 0.416 e. The lowest BCUT2D eigenvalue weighted by atomic mass is 9.94. The van der Waals surface area contributed by atoms with E-state index in [-0.39, 0.29) is 18.1 Å². The number of nitrogens with one attached hydrogen (secondary N) is 1. The zero-order valence-corrected chi connectivity index (χ0v) is 16.9. The summed E-state index contributed by atoms with van der Waals surface area (Å²) in [6.45, 7) is 3.11. The molecule has 3 aliphatic heterocycles. The molecule has 3 fully saturated rings. The van der Waals surface area contributed by atoms with Crippen molar-refractivity contribution in [3.8, 4) is 0 Å². The summed E-state index contributed by atoms with van der Waals surface area (Å²) in [5.74, 6) is -0.0390. The second-order valence-corrected chi connectivity index (χ2v) is 8.19. The predicted molar refractivity (Wildman–Crippen MR) is 113 cm³/mol. The highest BCUT2D eigenvalue weighted by Gasteiger charge is 2.40. The maximum atomic E-state index is 13.3. The molecular formula is C24H21F3N2O2. The van der Waals surface area contributed by atoms with E-state index < -0.39 is 11.7 Å². The number of carbonyl (C=O) groups is 1. The van der Waals surface area contributed by atoms with Crippen LogP contribution in [-0.4, -0.2) is 36.1 Å². The molecule has 3 aliphatic rings. The molecule has 4 nitrogen and oxygen atoms in total. The number of carbonyl (C=O) groups excluding carboxylic acids is 1. The highest BCUT2D eigenvalue weighted by atomic mass is 19.4. The lowest BCUT2D eigenvalue weighted by Crippen LogP contribution is -2.58. The van der Waals surface area contributed by atoms with Crippen molar-refractivity contribution in [2.24, 2.45) is 0 Å². The molecule has 0 saturated carbocycles. The van der Waals surface area contributed by atoms with Crippen molar-refractivity contribution in [3.05, 3.63) is 71.3 Å². The van der Waals surface area contributed by atoms with Gasteiger partial charge in [-0.1, -0.05) is 24.3 Å². The molecule has 3 aromatic rings. The van der Waals surface area contributed by atoms with Gasteiger partial charge in [-0.05, 0) is 48.2 Å². The fraction of sp³-hybridized carbons (Fsp3) is 0.292. The van der Waals surface area contributed by atoms with Crippen molar-refractivity contribution in [1.29, 1.82) is 0 Å². The average Bonchev–Trinajstić information content (AvgIpc) is 2.73. The normalized spacial score (nSPS) is 20.5. The van der Waals surface area contributed by atoms with Crippen LogP contribution >= 0.6 is 0 Å². The number of hydrogen-bond acceptors (Lipinski definition) is 3. The third-order valence-electron chi connectivity index (χ3n) is 5.99. The first-order valence-electron chi connectivity index (χ1n) is 10.2. The van der Waals surface area contributed by atoms with Crippen LogP contribution in [0, 0.1) is 6.92 Å². The monoisotopic (exact) mass is 426 g/mol. The number of amides is 1. The summed E-state index contributed by atoms with van der Waals surface area (Å²) in [4.78, 5) is 15.1. The van der Waals surface area contributed by atoms with E-state index in [1.807, 2.05) is 30.0 Å². The summed E-state index contributed by atoms with van der Waals surface area (Å²) >= 11 is 0. The van der Waals surface area contributed by atoms with Crippen LogP contribution in [0.4, 0.5) is 24.5 Å². The molecule has 0 aromatic heterocycles. The largest absolute Gasteiger partial charge is 0.416 e. The molecule has 1 amide bonds. The Bertz CT molecular complexity index is 1160. The molecular weight excluding hydrogens is 405 g/mol. The van der Waals surface area contributed by atoms with E-state index in [4.69, 9.17) is 4.74 Å². The van der Waals surface area contributed by atoms with E-state index in [1.165, 1.54) is 6.07 Å². The molecule has 3 saturated heterocycles. The van der Waals surface area contributed by atoms with Gasteiger partial charge in [0, 0.05) is 41.8 Å². The Labute approximate surface area is 177 Å². The molecule has 0 spiro atoms. The van der Waals surface area contributed by atoms with Gasteiger partial charge in [0.1, 0.15) is 0 Å². The zero-order valence-electron chi connectivity index (χ0n) is 16.9. The molecule has 31 heavy (non-hydrogen) atoms. The second kappa shape index (κ2) is 7.27. The van der Waals surface area contributed by atoms with Crippen molar-refractivity contribution in [2.45, 2.75) is 31.7 Å². The van der Waals surface area contributed by atoms with Crippen LogP contribution in [0.5, 0.6) is 0 Å². The van der Waals surface area contributed by atoms with Crippen molar-refractivity contribution in [1.82, 2.24) is 4.90 Å². The topological polar surface area (TPSA) is 41.6 Å². The summed E-state index contributed by atoms with van der Waals surface area (Å²) in [6.07, 6.45) is -3.16. The van der Waals surface area contributed by atoms with Gasteiger partial charge < -0.3 is 15.0 Å². The smallest absolute Gasteiger partial charge is 0.371 e. The van der Waals surface area contributed by atoms with Gasteiger partial charge in [0.25, 0.3) is 5.91 Å². The van der Waals surface area contributed by atoms with E-state index in [9.17, 15) is 18.0 Å². The lowest BCUT2D eigenvalue weighted by molar-refractivity contribution is -0.171. The summed E-state index contributed by atoms with van der Waals surface area (Å²) in [6, 6.07) is 14.3. The second-order valence-electron chi connectivity index (χ2n) is 8.19. The molecule has 3 heterocycles. The molecule has 2 bridgehead atoms. The number of fused-ring (bicyclic) bond motifs is 3. The minimum atomic E-state index is -4.41. The van der Waals surface area contributed by atoms with E-state index in [1.54, 1.807) is 18.2 Å². The van der Waals surface area contributed by atoms with Gasteiger partial charge in [0.05, 0.1) is 17.8 Å². The SMILES string of the molecule is Cc1cccc2c(Nc3cccc(C(F)(F)F)c3)ccc(C(=O)N3CC4CC(C3)O4)c12. The molecule has 6 rings (SSSR count). The standard InChI is InChI=1S/C24H21F3N2O2/c1-14-4-2-7-19-21(28-16-6-3-5-15(10-16)24(25,26)27)9-8-20(22(14)19)23(30)29-12-17-11-18(13-29)31-17/h2-10,17-18,28H,11-13H2,1H3. The number of alkyl halides is 3. The number of nitrogens with zero attached hydrogens (tertiary/aromatic N) is 1.